The molecule has 1 atom stereocenters. The minimum atomic E-state index is 0.569. The minimum absolute atomic E-state index is 0.569. The van der Waals surface area contributed by atoms with Crippen LogP contribution in [0.2, 0.25) is 0 Å². The van der Waals surface area contributed by atoms with Crippen LogP contribution in [-0.2, 0) is 6.54 Å². The number of hydrogen-bond donors (Lipinski definition) is 1. The van der Waals surface area contributed by atoms with Crippen molar-refractivity contribution >= 4 is 0 Å². The topological polar surface area (TPSA) is 28.4 Å². The van der Waals surface area contributed by atoms with Crippen LogP contribution in [0.3, 0.4) is 0 Å². The Morgan fingerprint density at radius 1 is 1.40 bits per heavy atom. The molecule has 0 spiro atoms. The third-order valence-corrected chi connectivity index (χ3v) is 2.67. The van der Waals surface area contributed by atoms with Crippen LogP contribution in [0, 0.1) is 5.92 Å². The molecule has 0 saturated carbocycles. The maximum Gasteiger partial charge on any atom is 0.117 e. The molecule has 3 heteroatoms. The molecule has 1 aromatic rings. The number of nitrogens with zero attached hydrogens (tertiary/aromatic N) is 1. The zero-order chi connectivity index (χ0) is 11.3. The molecule has 0 aliphatic rings. The molecular formula is C12H22N2O. The summed E-state index contributed by atoms with van der Waals surface area (Å²) >= 11 is 0. The normalized spacial score (nSPS) is 13.7. The van der Waals surface area contributed by atoms with Crippen molar-refractivity contribution in [2.75, 3.05) is 20.6 Å². The number of nitrogens with one attached hydrogen (secondary N) is 1. The number of hydrogen-bond acceptors (Lipinski definition) is 3. The van der Waals surface area contributed by atoms with Crippen LogP contribution in [-0.4, -0.2) is 31.6 Å². The highest BCUT2D eigenvalue weighted by Crippen LogP contribution is 2.06. The van der Waals surface area contributed by atoms with E-state index in [-0.39, 0.29) is 0 Å². The van der Waals surface area contributed by atoms with Crippen LogP contribution >= 0.6 is 0 Å². The van der Waals surface area contributed by atoms with Crippen molar-refractivity contribution in [3.63, 3.8) is 0 Å². The van der Waals surface area contributed by atoms with Gasteiger partial charge in [-0.15, -0.1) is 0 Å². The molecule has 0 aliphatic carbocycles. The number of likely N-dealkylation sites (N-methyl/N-ethyl adjacent to an activating group) is 1. The second kappa shape index (κ2) is 5.93. The van der Waals surface area contributed by atoms with Gasteiger partial charge in [-0.2, -0.15) is 0 Å². The molecule has 0 aromatic carbocycles. The Morgan fingerprint density at radius 3 is 2.60 bits per heavy atom. The van der Waals surface area contributed by atoms with E-state index in [1.165, 1.54) is 0 Å². The van der Waals surface area contributed by atoms with Gasteiger partial charge in [-0.25, -0.2) is 0 Å². The Hall–Kier alpha value is -0.800. The summed E-state index contributed by atoms with van der Waals surface area (Å²) < 4.78 is 5.26. The first-order chi connectivity index (χ1) is 7.11. The lowest BCUT2D eigenvalue weighted by atomic mass is 10.0. The monoisotopic (exact) mass is 210 g/mol. The van der Waals surface area contributed by atoms with Gasteiger partial charge < -0.3 is 14.6 Å². The Kier molecular flexibility index (Phi) is 4.85. The first kappa shape index (κ1) is 12.3. The van der Waals surface area contributed by atoms with E-state index in [9.17, 15) is 0 Å². The van der Waals surface area contributed by atoms with Crippen LogP contribution in [0.25, 0.3) is 0 Å². The van der Waals surface area contributed by atoms with Crippen LogP contribution < -0.4 is 5.32 Å². The zero-order valence-electron chi connectivity index (χ0n) is 10.2. The predicted octanol–water partition coefficient (Wildman–Crippen LogP) is 1.96. The van der Waals surface area contributed by atoms with Crippen molar-refractivity contribution in [2.45, 2.75) is 26.4 Å². The van der Waals surface area contributed by atoms with Gasteiger partial charge in [0.1, 0.15) is 5.76 Å². The van der Waals surface area contributed by atoms with Crippen molar-refractivity contribution in [2.24, 2.45) is 5.92 Å². The van der Waals surface area contributed by atoms with E-state index < -0.39 is 0 Å². The van der Waals surface area contributed by atoms with Gasteiger partial charge in [0.2, 0.25) is 0 Å². The number of furan rings is 1. The van der Waals surface area contributed by atoms with Gasteiger partial charge in [0.15, 0.2) is 0 Å². The molecule has 1 aromatic heterocycles. The molecular weight excluding hydrogens is 188 g/mol. The highest BCUT2D eigenvalue weighted by Gasteiger charge is 2.14. The highest BCUT2D eigenvalue weighted by molar-refractivity contribution is 4.97. The van der Waals surface area contributed by atoms with Crippen LogP contribution in [0.1, 0.15) is 19.6 Å². The summed E-state index contributed by atoms with van der Waals surface area (Å²) in [5.74, 6) is 1.65. The molecule has 1 heterocycles. The third kappa shape index (κ3) is 4.06. The van der Waals surface area contributed by atoms with Crippen LogP contribution in [0.5, 0.6) is 0 Å². The van der Waals surface area contributed by atoms with E-state index in [1.54, 1.807) is 6.26 Å². The molecule has 3 nitrogen and oxygen atoms in total. The molecule has 0 amide bonds. The van der Waals surface area contributed by atoms with Gasteiger partial charge >= 0.3 is 0 Å². The van der Waals surface area contributed by atoms with Crippen molar-refractivity contribution < 1.29 is 4.42 Å². The average Bonchev–Trinajstić information content (AvgIpc) is 2.63. The molecule has 86 valence electrons. The van der Waals surface area contributed by atoms with Gasteiger partial charge in [0.05, 0.1) is 12.8 Å². The SMILES string of the molecule is CC(C)C(CNCc1ccco1)N(C)C. The summed E-state index contributed by atoms with van der Waals surface area (Å²) in [4.78, 5) is 2.26. The second-order valence-electron chi connectivity index (χ2n) is 4.49. The van der Waals surface area contributed by atoms with Crippen LogP contribution in [0.4, 0.5) is 0 Å². The molecule has 15 heavy (non-hydrogen) atoms. The summed E-state index contributed by atoms with van der Waals surface area (Å²) in [6.07, 6.45) is 1.71. The first-order valence-corrected chi connectivity index (χ1v) is 5.50. The largest absolute Gasteiger partial charge is 0.468 e. The van der Waals surface area contributed by atoms with E-state index in [2.05, 4.69) is 38.2 Å². The van der Waals surface area contributed by atoms with Gasteiger partial charge in [-0.3, -0.25) is 0 Å². The fourth-order valence-electron chi connectivity index (χ4n) is 1.77. The molecule has 1 rings (SSSR count). The molecule has 0 saturated heterocycles. The minimum Gasteiger partial charge on any atom is -0.468 e. The van der Waals surface area contributed by atoms with Crippen LogP contribution in [0.15, 0.2) is 22.8 Å². The molecule has 1 N–H and O–H groups in total. The fraction of sp³-hybridized carbons (Fsp3) is 0.667. The molecule has 1 unspecified atom stereocenters. The van der Waals surface area contributed by atoms with Gasteiger partial charge in [0, 0.05) is 12.6 Å². The van der Waals surface area contributed by atoms with E-state index in [0.717, 1.165) is 18.8 Å². The molecule has 0 aliphatic heterocycles. The average molecular weight is 210 g/mol. The lowest BCUT2D eigenvalue weighted by Gasteiger charge is -2.28. The maximum atomic E-state index is 5.26. The molecule has 0 radical (unpaired) electrons. The lowest BCUT2D eigenvalue weighted by Crippen LogP contribution is -2.41. The quantitative estimate of drug-likeness (QED) is 0.778. The Bertz CT molecular complexity index is 247. The Morgan fingerprint density at radius 2 is 2.13 bits per heavy atom. The standard InChI is InChI=1S/C12H22N2O/c1-10(2)12(14(3)4)9-13-8-11-6-5-7-15-11/h5-7,10,12-13H,8-9H2,1-4H3. The van der Waals surface area contributed by atoms with E-state index >= 15 is 0 Å². The zero-order valence-corrected chi connectivity index (χ0v) is 10.2. The fourth-order valence-corrected chi connectivity index (χ4v) is 1.77. The summed E-state index contributed by atoms with van der Waals surface area (Å²) in [6, 6.07) is 4.48. The van der Waals surface area contributed by atoms with Crippen molar-refractivity contribution in [3.05, 3.63) is 24.2 Å². The third-order valence-electron chi connectivity index (χ3n) is 2.67. The lowest BCUT2D eigenvalue weighted by molar-refractivity contribution is 0.223. The smallest absolute Gasteiger partial charge is 0.117 e. The van der Waals surface area contributed by atoms with Crippen molar-refractivity contribution in [1.29, 1.82) is 0 Å². The van der Waals surface area contributed by atoms with Crippen molar-refractivity contribution in [1.82, 2.24) is 10.2 Å². The Balaban J connectivity index is 2.28. The van der Waals surface area contributed by atoms with E-state index in [0.29, 0.717) is 12.0 Å². The summed E-state index contributed by atoms with van der Waals surface area (Å²) in [6.45, 7) is 6.30. The summed E-state index contributed by atoms with van der Waals surface area (Å²) in [5, 5.41) is 3.42. The van der Waals surface area contributed by atoms with Gasteiger partial charge in [0.25, 0.3) is 0 Å². The first-order valence-electron chi connectivity index (χ1n) is 5.50. The van der Waals surface area contributed by atoms with E-state index in [4.69, 9.17) is 4.42 Å². The molecule has 0 bridgehead atoms. The van der Waals surface area contributed by atoms with E-state index in [1.807, 2.05) is 12.1 Å². The van der Waals surface area contributed by atoms with Gasteiger partial charge in [-0.1, -0.05) is 13.8 Å². The van der Waals surface area contributed by atoms with Crippen molar-refractivity contribution in [3.8, 4) is 0 Å². The summed E-state index contributed by atoms with van der Waals surface area (Å²) in [7, 11) is 4.25. The summed E-state index contributed by atoms with van der Waals surface area (Å²) in [5.41, 5.74) is 0. The maximum absolute atomic E-state index is 5.26. The van der Waals surface area contributed by atoms with Gasteiger partial charge in [-0.05, 0) is 32.1 Å². The predicted molar refractivity (Wildman–Crippen MR) is 62.7 cm³/mol. The highest BCUT2D eigenvalue weighted by atomic mass is 16.3. The molecule has 0 fully saturated rings. The Labute approximate surface area is 92.5 Å². The second-order valence-corrected chi connectivity index (χ2v) is 4.49. The number of rotatable bonds is 6.